The molecule has 0 saturated carbocycles. The second kappa shape index (κ2) is 50.8. The van der Waals surface area contributed by atoms with E-state index < -0.39 is 20.0 Å². The molecule has 0 aliphatic heterocycles. The number of phosphoric ester groups is 1. The largest absolute Gasteiger partial charge is 0.756 e. The van der Waals surface area contributed by atoms with Gasteiger partial charge in [0.05, 0.1) is 39.9 Å². The highest BCUT2D eigenvalue weighted by atomic mass is 31.2. The maximum absolute atomic E-state index is 12.9. The highest BCUT2D eigenvalue weighted by molar-refractivity contribution is 7.45. The molecule has 0 aromatic rings. The van der Waals surface area contributed by atoms with E-state index in [0.29, 0.717) is 23.9 Å². The maximum Gasteiger partial charge on any atom is 0.268 e. The molecule has 0 aromatic heterocycles. The van der Waals surface area contributed by atoms with Crippen molar-refractivity contribution < 1.29 is 32.9 Å². The molecule has 1 amide bonds. The molecule has 0 radical (unpaired) electrons. The Morgan fingerprint density at radius 2 is 0.871 bits per heavy atom. The summed E-state index contributed by atoms with van der Waals surface area (Å²) < 4.78 is 23.3. The average molecular weight is 993 g/mol. The minimum Gasteiger partial charge on any atom is -0.756 e. The smallest absolute Gasteiger partial charge is 0.268 e. The van der Waals surface area contributed by atoms with Crippen LogP contribution in [0.5, 0.6) is 0 Å². The summed E-state index contributed by atoms with van der Waals surface area (Å²) in [4.78, 5) is 25.4. The lowest BCUT2D eigenvalue weighted by molar-refractivity contribution is -0.870. The van der Waals surface area contributed by atoms with Crippen molar-refractivity contribution in [1.82, 2.24) is 5.32 Å². The van der Waals surface area contributed by atoms with Crippen LogP contribution in [0.1, 0.15) is 206 Å². The Hall–Kier alpha value is -3.10. The van der Waals surface area contributed by atoms with Crippen molar-refractivity contribution in [3.8, 4) is 0 Å². The second-order valence-electron chi connectivity index (χ2n) is 19.6. The number of carbonyl (C=O) groups is 1. The highest BCUT2D eigenvalue weighted by Crippen LogP contribution is 2.38. The number of aliphatic hydroxyl groups excluding tert-OH is 1. The first-order valence-corrected chi connectivity index (χ1v) is 29.3. The van der Waals surface area contributed by atoms with Gasteiger partial charge >= 0.3 is 0 Å². The van der Waals surface area contributed by atoms with Crippen LogP contribution in [-0.4, -0.2) is 68.5 Å². The molecule has 0 rings (SSSR count). The SMILES string of the molecule is CC/C=C\C/C=C\C/C=C\C/C=C\C/C=C\C/C=C\C/C=C\C/C=C\C/C=C\C/C=C\CCCCCCCCC(=O)NC(COP(=O)([O-])OCC[N+](C)(C)C)C(O)CCCCCCCCCCCCC. The Morgan fingerprint density at radius 3 is 1.27 bits per heavy atom. The van der Waals surface area contributed by atoms with E-state index in [4.69, 9.17) is 9.05 Å². The molecule has 2 N–H and O–H groups in total. The van der Waals surface area contributed by atoms with Gasteiger partial charge in [-0.2, -0.15) is 0 Å². The zero-order valence-electron chi connectivity index (χ0n) is 45.4. The lowest BCUT2D eigenvalue weighted by Crippen LogP contribution is -2.46. The van der Waals surface area contributed by atoms with Crippen molar-refractivity contribution in [2.75, 3.05) is 40.9 Å². The number of unbranched alkanes of at least 4 members (excludes halogenated alkanes) is 16. The summed E-state index contributed by atoms with van der Waals surface area (Å²) >= 11 is 0. The standard InChI is InChI=1S/C61H105N2O6P/c1-6-8-10-12-14-16-18-19-20-21-22-23-24-25-26-27-28-29-30-31-32-33-34-35-36-37-38-39-40-41-42-43-45-47-49-51-53-55-61(65)62-59(58-69-70(66,67)68-57-56-63(3,4)5)60(64)54-52-50-48-46-44-17-15-13-11-9-7-2/h8,10,14,16,19-20,22-23,25-26,28-29,31-32,34-35,37-38,40-41,59-60,64H,6-7,9,11-13,15,17-18,21,24,27,30,33,36,39,42-58H2,1-5H3,(H-,62,65,66,67)/b10-8-,16-14-,20-19-,23-22-,26-25-,29-28-,32-31-,35-34-,38-37-,41-40-. The van der Waals surface area contributed by atoms with E-state index in [2.05, 4.69) is 141 Å². The van der Waals surface area contributed by atoms with E-state index in [1.165, 1.54) is 64.2 Å². The number of quaternary nitrogens is 1. The number of hydrogen-bond acceptors (Lipinski definition) is 6. The fourth-order valence-electron chi connectivity index (χ4n) is 7.36. The number of hydrogen-bond donors (Lipinski definition) is 2. The van der Waals surface area contributed by atoms with Crippen LogP contribution in [0.2, 0.25) is 0 Å². The number of likely N-dealkylation sites (N-methyl/N-ethyl adjacent to an activating group) is 1. The Balaban J connectivity index is 4.14. The highest BCUT2D eigenvalue weighted by Gasteiger charge is 2.24. The van der Waals surface area contributed by atoms with E-state index in [9.17, 15) is 19.4 Å². The van der Waals surface area contributed by atoms with Crippen molar-refractivity contribution in [2.45, 2.75) is 219 Å². The minimum absolute atomic E-state index is 0.00269. The van der Waals surface area contributed by atoms with Crippen LogP contribution < -0.4 is 10.2 Å². The zero-order chi connectivity index (χ0) is 51.3. The molecule has 0 aromatic carbocycles. The van der Waals surface area contributed by atoms with E-state index in [-0.39, 0.29) is 19.1 Å². The summed E-state index contributed by atoms with van der Waals surface area (Å²) in [5.41, 5.74) is 0. The normalized spacial score (nSPS) is 14.9. The average Bonchev–Trinajstić information content (AvgIpc) is 3.32. The van der Waals surface area contributed by atoms with Gasteiger partial charge in [-0.15, -0.1) is 0 Å². The predicted octanol–water partition coefficient (Wildman–Crippen LogP) is 16.3. The predicted molar refractivity (Wildman–Crippen MR) is 302 cm³/mol. The van der Waals surface area contributed by atoms with Gasteiger partial charge in [0.1, 0.15) is 13.2 Å². The first-order chi connectivity index (χ1) is 34.0. The van der Waals surface area contributed by atoms with E-state index in [1.54, 1.807) is 0 Å². The third-order valence-corrected chi connectivity index (χ3v) is 12.7. The molecule has 0 aliphatic carbocycles. The summed E-state index contributed by atoms with van der Waals surface area (Å²) in [5, 5.41) is 13.9. The van der Waals surface area contributed by atoms with Gasteiger partial charge in [0, 0.05) is 6.42 Å². The van der Waals surface area contributed by atoms with E-state index in [0.717, 1.165) is 116 Å². The number of nitrogens with one attached hydrogen (secondary N) is 1. The quantitative estimate of drug-likeness (QED) is 0.0272. The number of carbonyl (C=O) groups excluding carboxylic acids is 1. The van der Waals surface area contributed by atoms with Crippen LogP contribution in [0, 0.1) is 0 Å². The number of nitrogens with zero attached hydrogens (tertiary/aromatic N) is 1. The molecule has 0 heterocycles. The van der Waals surface area contributed by atoms with Crippen LogP contribution >= 0.6 is 7.82 Å². The Kier molecular flexibility index (Phi) is 48.6. The molecule has 3 unspecified atom stereocenters. The third-order valence-electron chi connectivity index (χ3n) is 11.7. The molecular weight excluding hydrogens is 888 g/mol. The van der Waals surface area contributed by atoms with Crippen molar-refractivity contribution in [3.63, 3.8) is 0 Å². The summed E-state index contributed by atoms with van der Waals surface area (Å²) in [7, 11) is 1.27. The van der Waals surface area contributed by atoms with Gasteiger partial charge in [0.25, 0.3) is 7.82 Å². The lowest BCUT2D eigenvalue weighted by Gasteiger charge is -2.30. The monoisotopic (exact) mass is 993 g/mol. The first kappa shape index (κ1) is 66.9. The minimum atomic E-state index is -4.58. The van der Waals surface area contributed by atoms with Crippen molar-refractivity contribution in [3.05, 3.63) is 122 Å². The summed E-state index contributed by atoms with van der Waals surface area (Å²) in [6.45, 7) is 4.56. The fourth-order valence-corrected chi connectivity index (χ4v) is 8.08. The second-order valence-corrected chi connectivity index (χ2v) is 21.0. The van der Waals surface area contributed by atoms with Crippen molar-refractivity contribution in [2.24, 2.45) is 0 Å². The van der Waals surface area contributed by atoms with Crippen molar-refractivity contribution in [1.29, 1.82) is 0 Å². The molecule has 0 aliphatic rings. The van der Waals surface area contributed by atoms with E-state index >= 15 is 0 Å². The van der Waals surface area contributed by atoms with Gasteiger partial charge in [0.2, 0.25) is 5.91 Å². The van der Waals surface area contributed by atoms with Gasteiger partial charge in [0.15, 0.2) is 0 Å². The number of aliphatic hydroxyl groups is 1. The zero-order valence-corrected chi connectivity index (χ0v) is 46.3. The molecule has 400 valence electrons. The molecule has 3 atom stereocenters. The summed E-state index contributed by atoms with van der Waals surface area (Å²) in [6.07, 6.45) is 75.2. The molecular formula is C61H105N2O6P. The number of amides is 1. The van der Waals surface area contributed by atoms with E-state index in [1.807, 2.05) is 21.1 Å². The topological polar surface area (TPSA) is 108 Å². The summed E-state index contributed by atoms with van der Waals surface area (Å²) in [5.74, 6) is -0.186. The molecule has 0 spiro atoms. The Bertz CT molecular complexity index is 1550. The van der Waals surface area contributed by atoms with Gasteiger partial charge in [-0.3, -0.25) is 9.36 Å². The maximum atomic E-state index is 12.9. The van der Waals surface area contributed by atoms with Crippen LogP contribution in [0.3, 0.4) is 0 Å². The lowest BCUT2D eigenvalue weighted by atomic mass is 10.0. The molecule has 0 fully saturated rings. The van der Waals surface area contributed by atoms with Gasteiger partial charge in [-0.1, -0.05) is 232 Å². The fraction of sp³-hybridized carbons (Fsp3) is 0.656. The van der Waals surface area contributed by atoms with Crippen LogP contribution in [0.4, 0.5) is 0 Å². The Morgan fingerprint density at radius 1 is 0.514 bits per heavy atom. The van der Waals surface area contributed by atoms with Gasteiger partial charge in [-0.05, 0) is 89.9 Å². The molecule has 8 nitrogen and oxygen atoms in total. The number of allylic oxidation sites excluding steroid dienone is 20. The first-order valence-electron chi connectivity index (χ1n) is 27.9. The Labute approximate surface area is 431 Å². The van der Waals surface area contributed by atoms with Gasteiger partial charge in [-0.25, -0.2) is 0 Å². The summed E-state index contributed by atoms with van der Waals surface area (Å²) in [6, 6.07) is -0.816. The number of phosphoric acid groups is 1. The van der Waals surface area contributed by atoms with Gasteiger partial charge < -0.3 is 28.8 Å². The van der Waals surface area contributed by atoms with Crippen LogP contribution in [0.25, 0.3) is 0 Å². The number of rotatable bonds is 49. The molecule has 70 heavy (non-hydrogen) atoms. The van der Waals surface area contributed by atoms with Crippen molar-refractivity contribution >= 4 is 13.7 Å². The molecule has 0 saturated heterocycles. The van der Waals surface area contributed by atoms with Crippen LogP contribution in [-0.2, 0) is 18.4 Å². The molecule has 9 heteroatoms. The third kappa shape index (κ3) is 52.7. The molecule has 0 bridgehead atoms. The van der Waals surface area contributed by atoms with Crippen LogP contribution in [0.15, 0.2) is 122 Å².